The van der Waals surface area contributed by atoms with E-state index in [-0.39, 0.29) is 12.7 Å². The highest BCUT2D eigenvalue weighted by Crippen LogP contribution is 2.21. The first-order valence-electron chi connectivity index (χ1n) is 15.1. The van der Waals surface area contributed by atoms with Crippen molar-refractivity contribution in [2.24, 2.45) is 5.73 Å². The Morgan fingerprint density at radius 1 is 0.889 bits per heavy atom. The number of esters is 1. The molecule has 2 saturated heterocycles. The molecule has 0 bridgehead atoms. The van der Waals surface area contributed by atoms with Crippen molar-refractivity contribution < 1.29 is 52.8 Å². The highest BCUT2D eigenvalue weighted by molar-refractivity contribution is 6.32. The zero-order valence-electron chi connectivity index (χ0n) is 25.8. The summed E-state index contributed by atoms with van der Waals surface area (Å²) in [5.41, 5.74) is 6.32. The molecule has 0 saturated carbocycles. The lowest BCUT2D eigenvalue weighted by molar-refractivity contribution is -0.191. The summed E-state index contributed by atoms with van der Waals surface area (Å²) in [5, 5.41) is 17.3. The molecule has 1 aromatic rings. The molecule has 15 heteroatoms. The molecule has 0 spiro atoms. The monoisotopic (exact) mass is 636 g/mol. The minimum Gasteiger partial charge on any atom is -0.465 e. The van der Waals surface area contributed by atoms with Gasteiger partial charge < -0.3 is 50.5 Å². The number of ether oxygens (including phenoxy) is 5. The Morgan fingerprint density at radius 2 is 1.49 bits per heavy atom. The SMILES string of the molecule is COC(=O)C(=O)N[C@H](C(=O)N[C@@H](C(=O)N[C@H](Cc1ccc(OC2CCCCO2)cc1)C(N)=O)[C@H](C)OC1CCCCO1)[C@@H](C)O. The Bertz CT molecular complexity index is 1150. The van der Waals surface area contributed by atoms with Crippen LogP contribution in [0.25, 0.3) is 0 Å². The zero-order chi connectivity index (χ0) is 32.9. The first kappa shape index (κ1) is 35.7. The number of methoxy groups -OCH3 is 1. The second-order valence-electron chi connectivity index (χ2n) is 11.0. The molecule has 2 heterocycles. The van der Waals surface area contributed by atoms with Gasteiger partial charge in [0, 0.05) is 19.4 Å². The van der Waals surface area contributed by atoms with Crippen LogP contribution in [0.15, 0.2) is 24.3 Å². The molecule has 45 heavy (non-hydrogen) atoms. The maximum Gasteiger partial charge on any atom is 0.396 e. The average Bonchev–Trinajstić information content (AvgIpc) is 3.02. The molecule has 0 aromatic heterocycles. The van der Waals surface area contributed by atoms with Crippen LogP contribution in [0.3, 0.4) is 0 Å². The quantitative estimate of drug-likeness (QED) is 0.130. The van der Waals surface area contributed by atoms with Gasteiger partial charge in [-0.1, -0.05) is 12.1 Å². The molecule has 250 valence electrons. The van der Waals surface area contributed by atoms with E-state index in [0.29, 0.717) is 30.9 Å². The number of hydrogen-bond donors (Lipinski definition) is 5. The molecule has 7 atom stereocenters. The van der Waals surface area contributed by atoms with Crippen molar-refractivity contribution in [3.63, 3.8) is 0 Å². The van der Waals surface area contributed by atoms with E-state index in [4.69, 9.17) is 24.7 Å². The summed E-state index contributed by atoms with van der Waals surface area (Å²) in [4.78, 5) is 62.9. The van der Waals surface area contributed by atoms with Crippen LogP contribution in [-0.4, -0.2) is 97.9 Å². The van der Waals surface area contributed by atoms with Gasteiger partial charge in [0.05, 0.1) is 25.9 Å². The van der Waals surface area contributed by atoms with Crippen LogP contribution in [0.2, 0.25) is 0 Å². The van der Waals surface area contributed by atoms with Gasteiger partial charge in [-0.3, -0.25) is 19.2 Å². The number of carbonyl (C=O) groups is 5. The van der Waals surface area contributed by atoms with Crippen molar-refractivity contribution in [2.75, 3.05) is 20.3 Å². The Labute approximate surface area is 261 Å². The van der Waals surface area contributed by atoms with Crippen LogP contribution in [0.1, 0.15) is 57.9 Å². The molecule has 2 aliphatic rings. The van der Waals surface area contributed by atoms with Crippen LogP contribution < -0.4 is 26.4 Å². The minimum absolute atomic E-state index is 0.0361. The smallest absolute Gasteiger partial charge is 0.396 e. The highest BCUT2D eigenvalue weighted by atomic mass is 16.7. The number of amides is 4. The summed E-state index contributed by atoms with van der Waals surface area (Å²) in [7, 11) is 0.982. The van der Waals surface area contributed by atoms with Gasteiger partial charge in [-0.05, 0) is 63.6 Å². The standard InChI is InChI=1S/C30H44N4O11/c1-17(35)24(33-29(39)30(40)41-3)27(37)34-25(18(2)44-22-8-4-6-14-42-22)28(38)32-21(26(31)36)16-19-10-12-20(13-11-19)45-23-9-5-7-15-43-23/h10-13,17-18,21-25,35H,4-9,14-16H2,1-3H3,(H2,31,36)(H,32,38)(H,33,39)(H,34,37)/t17-,18+,21-,22?,23?,24+,25-/m1/s1. The number of aliphatic hydroxyl groups excluding tert-OH is 1. The predicted octanol–water partition coefficient (Wildman–Crippen LogP) is -0.440. The lowest BCUT2D eigenvalue weighted by Crippen LogP contribution is -2.62. The van der Waals surface area contributed by atoms with Crippen LogP contribution in [0, 0.1) is 0 Å². The average molecular weight is 637 g/mol. The summed E-state index contributed by atoms with van der Waals surface area (Å²) in [5.74, 6) is -4.57. The molecule has 0 radical (unpaired) electrons. The van der Waals surface area contributed by atoms with Gasteiger partial charge in [0.1, 0.15) is 23.9 Å². The molecule has 4 amide bonds. The third-order valence-electron chi connectivity index (χ3n) is 7.40. The normalized spacial score (nSPS) is 21.6. The molecule has 15 nitrogen and oxygen atoms in total. The van der Waals surface area contributed by atoms with Gasteiger partial charge in [-0.2, -0.15) is 0 Å². The van der Waals surface area contributed by atoms with Gasteiger partial charge in [0.25, 0.3) is 0 Å². The van der Waals surface area contributed by atoms with Gasteiger partial charge in [-0.25, -0.2) is 4.79 Å². The summed E-state index contributed by atoms with van der Waals surface area (Å²) >= 11 is 0. The molecule has 3 rings (SSSR count). The topological polar surface area (TPSA) is 214 Å². The maximum atomic E-state index is 13.6. The van der Waals surface area contributed by atoms with Crippen molar-refractivity contribution >= 4 is 29.6 Å². The first-order valence-corrected chi connectivity index (χ1v) is 15.1. The first-order chi connectivity index (χ1) is 21.5. The number of primary amides is 1. The van der Waals surface area contributed by atoms with E-state index < -0.39 is 66.2 Å². The molecule has 2 unspecified atom stereocenters. The highest BCUT2D eigenvalue weighted by Gasteiger charge is 2.36. The fraction of sp³-hybridized carbons (Fsp3) is 0.633. The molecule has 0 aliphatic carbocycles. The van der Waals surface area contributed by atoms with Crippen molar-refractivity contribution in [2.45, 2.75) is 102 Å². The molecule has 2 fully saturated rings. The predicted molar refractivity (Wildman–Crippen MR) is 157 cm³/mol. The molecule has 1 aromatic carbocycles. The van der Waals surface area contributed by atoms with E-state index in [1.807, 2.05) is 0 Å². The zero-order valence-corrected chi connectivity index (χ0v) is 25.8. The van der Waals surface area contributed by atoms with E-state index in [2.05, 4.69) is 20.7 Å². The van der Waals surface area contributed by atoms with Crippen LogP contribution in [0.4, 0.5) is 0 Å². The van der Waals surface area contributed by atoms with Gasteiger partial charge in [-0.15, -0.1) is 0 Å². The fourth-order valence-electron chi connectivity index (χ4n) is 4.85. The number of nitrogens with one attached hydrogen (secondary N) is 3. The molecule has 2 aliphatic heterocycles. The summed E-state index contributed by atoms with van der Waals surface area (Å²) in [6, 6.07) is 2.72. The number of nitrogens with two attached hydrogens (primary N) is 1. The largest absolute Gasteiger partial charge is 0.465 e. The molecule has 6 N–H and O–H groups in total. The van der Waals surface area contributed by atoms with Crippen LogP contribution in [-0.2, 0) is 49.3 Å². The van der Waals surface area contributed by atoms with E-state index in [9.17, 15) is 29.1 Å². The number of rotatable bonds is 14. The Kier molecular flexibility index (Phi) is 14.0. The lowest BCUT2D eigenvalue weighted by Gasteiger charge is -2.32. The molecular weight excluding hydrogens is 592 g/mol. The number of aliphatic hydroxyl groups is 1. The van der Waals surface area contributed by atoms with Crippen LogP contribution in [0.5, 0.6) is 5.75 Å². The van der Waals surface area contributed by atoms with Crippen molar-refractivity contribution in [3.05, 3.63) is 29.8 Å². The third kappa shape index (κ3) is 11.3. The Balaban J connectivity index is 1.73. The fourth-order valence-corrected chi connectivity index (χ4v) is 4.85. The van der Waals surface area contributed by atoms with Crippen molar-refractivity contribution in [1.29, 1.82) is 0 Å². The third-order valence-corrected chi connectivity index (χ3v) is 7.40. The molecular formula is C30H44N4O11. The summed E-state index contributed by atoms with van der Waals surface area (Å²) in [6.07, 6.45) is 1.68. The Hall–Kier alpha value is -3.79. The van der Waals surface area contributed by atoms with Crippen molar-refractivity contribution in [1.82, 2.24) is 16.0 Å². The minimum atomic E-state index is -1.63. The van der Waals surface area contributed by atoms with Crippen molar-refractivity contribution in [3.8, 4) is 5.75 Å². The van der Waals surface area contributed by atoms with E-state index in [1.54, 1.807) is 24.3 Å². The van der Waals surface area contributed by atoms with Gasteiger partial charge >= 0.3 is 11.9 Å². The second-order valence-corrected chi connectivity index (χ2v) is 11.0. The Morgan fingerprint density at radius 3 is 2.02 bits per heavy atom. The number of hydrogen-bond acceptors (Lipinski definition) is 11. The van der Waals surface area contributed by atoms with Gasteiger partial charge in [0.15, 0.2) is 12.6 Å². The lowest BCUT2D eigenvalue weighted by atomic mass is 10.0. The summed E-state index contributed by atoms with van der Waals surface area (Å²) < 4.78 is 27.3. The number of carbonyl (C=O) groups excluding carboxylic acids is 5. The van der Waals surface area contributed by atoms with Crippen LogP contribution >= 0.6 is 0 Å². The van der Waals surface area contributed by atoms with Gasteiger partial charge in [0.2, 0.25) is 17.7 Å². The second kappa shape index (κ2) is 17.6. The summed E-state index contributed by atoms with van der Waals surface area (Å²) in [6.45, 7) is 3.85. The van der Waals surface area contributed by atoms with E-state index >= 15 is 0 Å². The van der Waals surface area contributed by atoms with E-state index in [1.165, 1.54) is 13.8 Å². The maximum absolute atomic E-state index is 13.6. The number of benzene rings is 1. The van der Waals surface area contributed by atoms with E-state index in [0.717, 1.165) is 39.2 Å².